The van der Waals surface area contributed by atoms with E-state index in [9.17, 15) is 0 Å². The van der Waals surface area contributed by atoms with E-state index in [-0.39, 0.29) is 0 Å². The molecule has 0 spiro atoms. The van der Waals surface area contributed by atoms with Crippen molar-refractivity contribution in [2.75, 3.05) is 26.4 Å². The molecule has 0 bridgehead atoms. The molecule has 2 aliphatic rings. The molecule has 0 radical (unpaired) electrons. The Kier molecular flexibility index (Phi) is 2.72. The molecule has 3 heteroatoms. The molecule has 0 aromatic rings. The van der Waals surface area contributed by atoms with Crippen LogP contribution in [0.5, 0.6) is 0 Å². The maximum atomic E-state index is 5.29. The fourth-order valence-corrected chi connectivity index (χ4v) is 2.74. The highest BCUT2D eigenvalue weighted by Gasteiger charge is 2.24. The summed E-state index contributed by atoms with van der Waals surface area (Å²) >= 11 is 2.10. The van der Waals surface area contributed by atoms with Gasteiger partial charge < -0.3 is 9.47 Å². The van der Waals surface area contributed by atoms with Gasteiger partial charge in [0.15, 0.2) is 0 Å². The first-order valence-corrected chi connectivity index (χ1v) is 5.20. The van der Waals surface area contributed by atoms with Gasteiger partial charge in [-0.25, -0.2) is 0 Å². The van der Waals surface area contributed by atoms with E-state index in [0.717, 1.165) is 36.9 Å². The zero-order valence-electron chi connectivity index (χ0n) is 6.62. The minimum absolute atomic E-state index is 0.790. The first kappa shape index (κ1) is 7.90. The lowest BCUT2D eigenvalue weighted by Gasteiger charge is -2.31. The van der Waals surface area contributed by atoms with Crippen molar-refractivity contribution < 1.29 is 9.47 Å². The third kappa shape index (κ3) is 2.10. The SMILES string of the molecule is C1CC(SC2COC2)CCO1. The minimum Gasteiger partial charge on any atom is -0.381 e. The van der Waals surface area contributed by atoms with Gasteiger partial charge in [-0.15, -0.1) is 0 Å². The Morgan fingerprint density at radius 2 is 1.64 bits per heavy atom. The lowest BCUT2D eigenvalue weighted by atomic mass is 10.2. The second-order valence-electron chi connectivity index (χ2n) is 3.11. The topological polar surface area (TPSA) is 18.5 Å². The summed E-state index contributed by atoms with van der Waals surface area (Å²) in [6.45, 7) is 3.88. The molecule has 2 rings (SSSR count). The molecule has 2 nitrogen and oxygen atoms in total. The van der Waals surface area contributed by atoms with Crippen molar-refractivity contribution in [1.29, 1.82) is 0 Å². The van der Waals surface area contributed by atoms with E-state index in [1.165, 1.54) is 12.8 Å². The zero-order valence-corrected chi connectivity index (χ0v) is 7.44. The summed E-state index contributed by atoms with van der Waals surface area (Å²) in [5.74, 6) is 0. The number of rotatable bonds is 2. The summed E-state index contributed by atoms with van der Waals surface area (Å²) in [5.41, 5.74) is 0. The van der Waals surface area contributed by atoms with Crippen LogP contribution < -0.4 is 0 Å². The Labute approximate surface area is 71.6 Å². The van der Waals surface area contributed by atoms with Gasteiger partial charge >= 0.3 is 0 Å². The van der Waals surface area contributed by atoms with Crippen LogP contribution in [0, 0.1) is 0 Å². The smallest absolute Gasteiger partial charge is 0.0608 e. The summed E-state index contributed by atoms with van der Waals surface area (Å²) in [4.78, 5) is 0. The van der Waals surface area contributed by atoms with Crippen molar-refractivity contribution in [3.05, 3.63) is 0 Å². The Morgan fingerprint density at radius 1 is 0.909 bits per heavy atom. The fraction of sp³-hybridized carbons (Fsp3) is 1.00. The monoisotopic (exact) mass is 174 g/mol. The van der Waals surface area contributed by atoms with Crippen LogP contribution in [0.1, 0.15) is 12.8 Å². The predicted molar refractivity (Wildman–Crippen MR) is 46.0 cm³/mol. The van der Waals surface area contributed by atoms with E-state index in [1.54, 1.807) is 0 Å². The molecule has 0 unspecified atom stereocenters. The molecule has 0 saturated carbocycles. The maximum Gasteiger partial charge on any atom is 0.0608 e. The van der Waals surface area contributed by atoms with Crippen LogP contribution in [0.4, 0.5) is 0 Å². The van der Waals surface area contributed by atoms with Crippen LogP contribution >= 0.6 is 11.8 Å². The van der Waals surface area contributed by atoms with Crippen LogP contribution in [0.3, 0.4) is 0 Å². The Hall–Kier alpha value is 0.270. The van der Waals surface area contributed by atoms with Crippen molar-refractivity contribution in [2.24, 2.45) is 0 Å². The average Bonchev–Trinajstić information content (AvgIpc) is 1.99. The highest BCUT2D eigenvalue weighted by atomic mass is 32.2. The number of ether oxygens (including phenoxy) is 2. The van der Waals surface area contributed by atoms with Gasteiger partial charge in [-0.1, -0.05) is 0 Å². The molecular formula is C8H14O2S. The van der Waals surface area contributed by atoms with Crippen LogP contribution in [0.15, 0.2) is 0 Å². The molecule has 0 aromatic heterocycles. The first-order chi connectivity index (χ1) is 5.45. The molecule has 0 amide bonds. The molecule has 0 aromatic carbocycles. The van der Waals surface area contributed by atoms with Gasteiger partial charge in [0, 0.05) is 18.5 Å². The number of hydrogen-bond donors (Lipinski definition) is 0. The average molecular weight is 174 g/mol. The Morgan fingerprint density at radius 3 is 2.18 bits per heavy atom. The second kappa shape index (κ2) is 3.78. The fourth-order valence-electron chi connectivity index (χ4n) is 1.38. The molecule has 11 heavy (non-hydrogen) atoms. The quantitative estimate of drug-likeness (QED) is 0.628. The minimum atomic E-state index is 0.790. The van der Waals surface area contributed by atoms with Crippen LogP contribution in [-0.4, -0.2) is 36.9 Å². The second-order valence-corrected chi connectivity index (χ2v) is 4.71. The van der Waals surface area contributed by atoms with Gasteiger partial charge in [0.05, 0.1) is 18.5 Å². The van der Waals surface area contributed by atoms with E-state index >= 15 is 0 Å². The van der Waals surface area contributed by atoms with E-state index in [1.807, 2.05) is 0 Å². The van der Waals surface area contributed by atoms with Crippen molar-refractivity contribution in [2.45, 2.75) is 23.3 Å². The summed E-state index contributed by atoms with van der Waals surface area (Å²) in [7, 11) is 0. The third-order valence-electron chi connectivity index (χ3n) is 2.16. The Bertz CT molecular complexity index is 119. The highest BCUT2D eigenvalue weighted by Crippen LogP contribution is 2.29. The van der Waals surface area contributed by atoms with Gasteiger partial charge in [0.2, 0.25) is 0 Å². The van der Waals surface area contributed by atoms with E-state index in [2.05, 4.69) is 11.8 Å². The molecule has 2 fully saturated rings. The van der Waals surface area contributed by atoms with Crippen molar-refractivity contribution in [3.63, 3.8) is 0 Å². The van der Waals surface area contributed by atoms with Gasteiger partial charge in [-0.05, 0) is 12.8 Å². The predicted octanol–water partition coefficient (Wildman–Crippen LogP) is 1.30. The third-order valence-corrected chi connectivity index (χ3v) is 3.67. The van der Waals surface area contributed by atoms with Crippen molar-refractivity contribution >= 4 is 11.8 Å². The van der Waals surface area contributed by atoms with Crippen LogP contribution in [0.25, 0.3) is 0 Å². The van der Waals surface area contributed by atoms with Gasteiger partial charge in [-0.3, -0.25) is 0 Å². The molecule has 2 heterocycles. The summed E-state index contributed by atoms with van der Waals surface area (Å²) in [6, 6.07) is 0. The number of thioether (sulfide) groups is 1. The molecular weight excluding hydrogens is 160 g/mol. The van der Waals surface area contributed by atoms with Gasteiger partial charge in [0.25, 0.3) is 0 Å². The Balaban J connectivity index is 1.67. The normalized spacial score (nSPS) is 28.4. The van der Waals surface area contributed by atoms with Gasteiger partial charge in [-0.2, -0.15) is 11.8 Å². The van der Waals surface area contributed by atoms with Crippen molar-refractivity contribution in [3.8, 4) is 0 Å². The zero-order chi connectivity index (χ0) is 7.52. The van der Waals surface area contributed by atoms with E-state index in [4.69, 9.17) is 9.47 Å². The standard InChI is InChI=1S/C8H14O2S/c1-3-9-4-2-7(1)11-8-5-10-6-8/h7-8H,1-6H2. The number of hydrogen-bond acceptors (Lipinski definition) is 3. The largest absolute Gasteiger partial charge is 0.381 e. The molecule has 2 saturated heterocycles. The molecule has 0 aliphatic carbocycles. The molecule has 64 valence electrons. The molecule has 0 atom stereocenters. The van der Waals surface area contributed by atoms with Gasteiger partial charge in [0.1, 0.15) is 0 Å². The lowest BCUT2D eigenvalue weighted by molar-refractivity contribution is 0.0444. The maximum absolute atomic E-state index is 5.29. The van der Waals surface area contributed by atoms with Crippen LogP contribution in [0.2, 0.25) is 0 Å². The molecule has 0 N–H and O–H groups in total. The van der Waals surface area contributed by atoms with Crippen LogP contribution in [-0.2, 0) is 9.47 Å². The summed E-state index contributed by atoms with van der Waals surface area (Å²) < 4.78 is 10.4. The highest BCUT2D eigenvalue weighted by molar-refractivity contribution is 8.00. The summed E-state index contributed by atoms with van der Waals surface area (Å²) in [5, 5.41) is 1.63. The van der Waals surface area contributed by atoms with E-state index < -0.39 is 0 Å². The summed E-state index contributed by atoms with van der Waals surface area (Å²) in [6.07, 6.45) is 2.47. The lowest BCUT2D eigenvalue weighted by Crippen LogP contribution is -2.33. The van der Waals surface area contributed by atoms with Crippen molar-refractivity contribution in [1.82, 2.24) is 0 Å². The first-order valence-electron chi connectivity index (χ1n) is 4.26. The van der Waals surface area contributed by atoms with E-state index in [0.29, 0.717) is 0 Å². The molecule has 2 aliphatic heterocycles.